The maximum Gasteiger partial charge on any atom is 0.573 e. The van der Waals surface area contributed by atoms with E-state index in [4.69, 9.17) is 0 Å². The van der Waals surface area contributed by atoms with Gasteiger partial charge in [-0.15, -0.1) is 13.2 Å². The maximum atomic E-state index is 12.4. The number of halogens is 3. The molecule has 0 aliphatic rings. The summed E-state index contributed by atoms with van der Waals surface area (Å²) in [4.78, 5) is 13.2. The van der Waals surface area contributed by atoms with Gasteiger partial charge in [0.2, 0.25) is 5.95 Å². The molecule has 9 heteroatoms. The Kier molecular flexibility index (Phi) is 5.82. The van der Waals surface area contributed by atoms with Crippen LogP contribution in [0.1, 0.15) is 26.3 Å². The molecule has 6 nitrogen and oxygen atoms in total. The number of rotatable bonds is 5. The molecule has 0 unspecified atom stereocenters. The van der Waals surface area contributed by atoms with E-state index in [0.29, 0.717) is 28.7 Å². The van der Waals surface area contributed by atoms with Crippen LogP contribution in [-0.2, 0) is 0 Å². The van der Waals surface area contributed by atoms with Crippen molar-refractivity contribution in [2.75, 3.05) is 10.6 Å². The molecule has 2 aromatic heterocycles. The molecule has 0 bridgehead atoms. The predicted molar refractivity (Wildman–Crippen MR) is 110 cm³/mol. The largest absolute Gasteiger partial charge is 0.573 e. The van der Waals surface area contributed by atoms with Crippen molar-refractivity contribution in [3.8, 4) is 17.0 Å². The molecule has 158 valence electrons. The molecular weight excluding hydrogens is 395 g/mol. The van der Waals surface area contributed by atoms with Gasteiger partial charge in [0.1, 0.15) is 11.6 Å². The maximum absolute atomic E-state index is 12.4. The number of nitrogens with one attached hydrogen (secondary N) is 2. The third kappa shape index (κ3) is 6.07. The number of nitrogens with zero attached hydrogens (tertiary/aromatic N) is 3. The van der Waals surface area contributed by atoms with Crippen LogP contribution in [0.3, 0.4) is 0 Å². The Labute approximate surface area is 172 Å². The highest BCUT2D eigenvalue weighted by molar-refractivity contribution is 5.68. The van der Waals surface area contributed by atoms with Crippen molar-refractivity contribution in [2.24, 2.45) is 0 Å². The van der Waals surface area contributed by atoms with Crippen LogP contribution in [0.5, 0.6) is 5.75 Å². The summed E-state index contributed by atoms with van der Waals surface area (Å²) in [6, 6.07) is 9.52. The number of alkyl halides is 3. The van der Waals surface area contributed by atoms with Crippen LogP contribution in [0, 0.1) is 6.92 Å². The van der Waals surface area contributed by atoms with Crippen LogP contribution in [-0.4, -0.2) is 26.9 Å². The molecular formula is C21H22F3N5O. The second-order valence-corrected chi connectivity index (χ2v) is 7.73. The lowest BCUT2D eigenvalue weighted by atomic mass is 10.1. The van der Waals surface area contributed by atoms with Crippen molar-refractivity contribution >= 4 is 17.5 Å². The molecule has 2 N–H and O–H groups in total. The molecule has 0 saturated heterocycles. The molecule has 1 aromatic carbocycles. The lowest BCUT2D eigenvalue weighted by Gasteiger charge is -2.21. The zero-order chi connectivity index (χ0) is 21.9. The van der Waals surface area contributed by atoms with Crippen molar-refractivity contribution in [1.29, 1.82) is 0 Å². The summed E-state index contributed by atoms with van der Waals surface area (Å²) < 4.78 is 41.3. The van der Waals surface area contributed by atoms with Crippen LogP contribution < -0.4 is 15.4 Å². The molecule has 3 rings (SSSR count). The van der Waals surface area contributed by atoms with E-state index in [1.54, 1.807) is 25.4 Å². The summed E-state index contributed by atoms with van der Waals surface area (Å²) in [6.45, 7) is 7.65. The van der Waals surface area contributed by atoms with Crippen molar-refractivity contribution in [2.45, 2.75) is 39.6 Å². The van der Waals surface area contributed by atoms with Crippen molar-refractivity contribution in [3.05, 3.63) is 54.4 Å². The summed E-state index contributed by atoms with van der Waals surface area (Å²) in [5.41, 5.74) is 2.37. The molecule has 0 atom stereocenters. The minimum Gasteiger partial charge on any atom is -0.406 e. The fourth-order valence-electron chi connectivity index (χ4n) is 2.68. The van der Waals surface area contributed by atoms with E-state index >= 15 is 0 Å². The molecule has 0 amide bonds. The molecule has 0 spiro atoms. The standard InChI is InChI=1S/C21H22F3N5O/c1-13-10-15(30-21(22,23)24)7-8-16(13)26-18-11-17(14-6-5-9-25-12-14)27-19(28-18)29-20(2,3)4/h5-12H,1-4H3,(H2,26,27,28,29). The van der Waals surface area contributed by atoms with Gasteiger partial charge in [0.15, 0.2) is 0 Å². The first-order chi connectivity index (χ1) is 14.0. The quantitative estimate of drug-likeness (QED) is 0.555. The summed E-state index contributed by atoms with van der Waals surface area (Å²) in [5, 5.41) is 6.39. The van der Waals surface area contributed by atoms with E-state index in [1.807, 2.05) is 32.9 Å². The number of hydrogen-bond acceptors (Lipinski definition) is 6. The third-order valence-electron chi connectivity index (χ3n) is 3.86. The van der Waals surface area contributed by atoms with Crippen LogP contribution in [0.4, 0.5) is 30.6 Å². The Bertz CT molecular complexity index is 1020. The van der Waals surface area contributed by atoms with E-state index in [9.17, 15) is 13.2 Å². The zero-order valence-electron chi connectivity index (χ0n) is 17.0. The summed E-state index contributed by atoms with van der Waals surface area (Å²) >= 11 is 0. The van der Waals surface area contributed by atoms with Gasteiger partial charge < -0.3 is 15.4 Å². The first-order valence-electron chi connectivity index (χ1n) is 9.20. The smallest absolute Gasteiger partial charge is 0.406 e. The SMILES string of the molecule is Cc1cc(OC(F)(F)F)ccc1Nc1cc(-c2cccnc2)nc(NC(C)(C)C)n1. The fourth-order valence-corrected chi connectivity index (χ4v) is 2.68. The Morgan fingerprint density at radius 3 is 2.37 bits per heavy atom. The number of pyridine rings is 1. The van der Waals surface area contributed by atoms with Crippen molar-refractivity contribution in [3.63, 3.8) is 0 Å². The highest BCUT2D eigenvalue weighted by Crippen LogP contribution is 2.29. The Morgan fingerprint density at radius 1 is 1.00 bits per heavy atom. The lowest BCUT2D eigenvalue weighted by Crippen LogP contribution is -2.27. The highest BCUT2D eigenvalue weighted by Gasteiger charge is 2.31. The van der Waals surface area contributed by atoms with Gasteiger partial charge in [0.05, 0.1) is 5.69 Å². The summed E-state index contributed by atoms with van der Waals surface area (Å²) in [5.74, 6) is 0.628. The lowest BCUT2D eigenvalue weighted by molar-refractivity contribution is -0.274. The van der Waals surface area contributed by atoms with E-state index in [-0.39, 0.29) is 11.3 Å². The topological polar surface area (TPSA) is 72.0 Å². The van der Waals surface area contributed by atoms with E-state index in [0.717, 1.165) is 5.56 Å². The predicted octanol–water partition coefficient (Wildman–Crippen LogP) is 5.70. The average Bonchev–Trinajstić information content (AvgIpc) is 2.62. The van der Waals surface area contributed by atoms with E-state index in [1.165, 1.54) is 18.2 Å². The second-order valence-electron chi connectivity index (χ2n) is 7.73. The molecule has 2 heterocycles. The Morgan fingerprint density at radius 2 is 1.77 bits per heavy atom. The van der Waals surface area contributed by atoms with Gasteiger partial charge in [-0.25, -0.2) is 4.98 Å². The van der Waals surface area contributed by atoms with Gasteiger partial charge in [-0.3, -0.25) is 4.98 Å². The molecule has 3 aromatic rings. The molecule has 0 aliphatic heterocycles. The summed E-state index contributed by atoms with van der Waals surface area (Å²) in [7, 11) is 0. The van der Waals surface area contributed by atoms with Gasteiger partial charge in [0.25, 0.3) is 0 Å². The Balaban J connectivity index is 1.94. The van der Waals surface area contributed by atoms with Gasteiger partial charge in [-0.1, -0.05) is 0 Å². The van der Waals surface area contributed by atoms with E-state index in [2.05, 4.69) is 30.3 Å². The normalized spacial score (nSPS) is 11.8. The van der Waals surface area contributed by atoms with Gasteiger partial charge >= 0.3 is 6.36 Å². The number of benzene rings is 1. The number of aryl methyl sites for hydroxylation is 1. The van der Waals surface area contributed by atoms with Crippen LogP contribution >= 0.6 is 0 Å². The Hall–Kier alpha value is -3.36. The third-order valence-corrected chi connectivity index (χ3v) is 3.86. The van der Waals surface area contributed by atoms with Gasteiger partial charge in [-0.05, 0) is 63.6 Å². The molecule has 0 saturated carbocycles. The number of aromatic nitrogens is 3. The summed E-state index contributed by atoms with van der Waals surface area (Å²) in [6.07, 6.45) is -1.37. The number of hydrogen-bond donors (Lipinski definition) is 2. The minimum atomic E-state index is -4.74. The molecule has 0 aliphatic carbocycles. The molecule has 0 fully saturated rings. The van der Waals surface area contributed by atoms with Gasteiger partial charge in [-0.2, -0.15) is 4.98 Å². The van der Waals surface area contributed by atoms with Crippen molar-refractivity contribution < 1.29 is 17.9 Å². The van der Waals surface area contributed by atoms with Crippen LogP contribution in [0.25, 0.3) is 11.3 Å². The first-order valence-corrected chi connectivity index (χ1v) is 9.20. The van der Waals surface area contributed by atoms with E-state index < -0.39 is 6.36 Å². The zero-order valence-corrected chi connectivity index (χ0v) is 17.0. The molecule has 0 radical (unpaired) electrons. The van der Waals surface area contributed by atoms with Gasteiger partial charge in [0, 0.05) is 35.2 Å². The second kappa shape index (κ2) is 8.17. The number of anilines is 3. The fraction of sp³-hybridized carbons (Fsp3) is 0.286. The monoisotopic (exact) mass is 417 g/mol. The molecule has 30 heavy (non-hydrogen) atoms. The average molecular weight is 417 g/mol. The van der Waals surface area contributed by atoms with Crippen molar-refractivity contribution in [1.82, 2.24) is 15.0 Å². The first kappa shape index (κ1) is 21.4. The number of ether oxygens (including phenoxy) is 1. The minimum absolute atomic E-state index is 0.267. The van der Waals surface area contributed by atoms with Crippen LogP contribution in [0.15, 0.2) is 48.8 Å². The van der Waals surface area contributed by atoms with Crippen LogP contribution in [0.2, 0.25) is 0 Å². The highest BCUT2D eigenvalue weighted by atomic mass is 19.4.